The molecule has 0 atom stereocenters. The lowest BCUT2D eigenvalue weighted by Gasteiger charge is -2.08. The van der Waals surface area contributed by atoms with Gasteiger partial charge in [0.15, 0.2) is 0 Å². The lowest BCUT2D eigenvalue weighted by atomic mass is 9.97. The molecule has 1 aromatic heterocycles. The molecular weight excluding hydrogens is 373 g/mol. The van der Waals surface area contributed by atoms with Gasteiger partial charge in [-0.3, -0.25) is 4.68 Å². The van der Waals surface area contributed by atoms with Crippen molar-refractivity contribution in [2.75, 3.05) is 5.73 Å². The SMILES string of the molecule is Cc1ccccc1-c1c(-c2ccccc2I)nn(C)c1N. The number of rotatable bonds is 2. The van der Waals surface area contributed by atoms with Gasteiger partial charge in [-0.25, -0.2) is 0 Å². The fourth-order valence-corrected chi connectivity index (χ4v) is 3.14. The Bertz CT molecular complexity index is 806. The minimum absolute atomic E-state index is 0.693. The van der Waals surface area contributed by atoms with Gasteiger partial charge in [-0.05, 0) is 46.7 Å². The third-order valence-corrected chi connectivity index (χ3v) is 4.58. The largest absolute Gasteiger partial charge is 0.383 e. The molecule has 0 spiro atoms. The summed E-state index contributed by atoms with van der Waals surface area (Å²) in [6.45, 7) is 2.10. The average molecular weight is 389 g/mol. The van der Waals surface area contributed by atoms with Gasteiger partial charge in [0.1, 0.15) is 11.5 Å². The van der Waals surface area contributed by atoms with Crippen LogP contribution >= 0.6 is 22.6 Å². The molecule has 0 bridgehead atoms. The lowest BCUT2D eigenvalue weighted by Crippen LogP contribution is -1.98. The average Bonchev–Trinajstić information content (AvgIpc) is 2.76. The molecule has 3 aromatic rings. The predicted molar refractivity (Wildman–Crippen MR) is 95.9 cm³/mol. The van der Waals surface area contributed by atoms with E-state index < -0.39 is 0 Å². The first kappa shape index (κ1) is 14.1. The van der Waals surface area contributed by atoms with Crippen LogP contribution in [0.3, 0.4) is 0 Å². The number of aromatic nitrogens is 2. The molecule has 0 aliphatic heterocycles. The Morgan fingerprint density at radius 2 is 1.62 bits per heavy atom. The highest BCUT2D eigenvalue weighted by molar-refractivity contribution is 14.1. The van der Waals surface area contributed by atoms with Gasteiger partial charge >= 0.3 is 0 Å². The molecule has 0 aliphatic carbocycles. The molecule has 106 valence electrons. The summed E-state index contributed by atoms with van der Waals surface area (Å²) >= 11 is 2.34. The summed E-state index contributed by atoms with van der Waals surface area (Å²) in [6.07, 6.45) is 0. The van der Waals surface area contributed by atoms with Gasteiger partial charge in [-0.1, -0.05) is 42.5 Å². The summed E-state index contributed by atoms with van der Waals surface area (Å²) in [7, 11) is 1.89. The summed E-state index contributed by atoms with van der Waals surface area (Å²) in [4.78, 5) is 0. The molecule has 0 fully saturated rings. The molecule has 2 aromatic carbocycles. The van der Waals surface area contributed by atoms with Gasteiger partial charge in [-0.15, -0.1) is 0 Å². The van der Waals surface area contributed by atoms with E-state index >= 15 is 0 Å². The summed E-state index contributed by atoms with van der Waals surface area (Å²) < 4.78 is 2.92. The van der Waals surface area contributed by atoms with Crippen LogP contribution in [0.25, 0.3) is 22.4 Å². The number of nitrogens with zero attached hydrogens (tertiary/aromatic N) is 2. The maximum absolute atomic E-state index is 6.29. The van der Waals surface area contributed by atoms with Crippen LogP contribution in [0.15, 0.2) is 48.5 Å². The summed E-state index contributed by atoms with van der Waals surface area (Å²) in [5, 5.41) is 4.65. The highest BCUT2D eigenvalue weighted by atomic mass is 127. The highest BCUT2D eigenvalue weighted by Gasteiger charge is 2.19. The lowest BCUT2D eigenvalue weighted by molar-refractivity contribution is 0.782. The van der Waals surface area contributed by atoms with Crippen molar-refractivity contribution in [2.45, 2.75) is 6.92 Å². The third kappa shape index (κ3) is 2.44. The van der Waals surface area contributed by atoms with Crippen LogP contribution in [0.1, 0.15) is 5.56 Å². The molecule has 3 nitrogen and oxygen atoms in total. The van der Waals surface area contributed by atoms with Crippen molar-refractivity contribution in [3.63, 3.8) is 0 Å². The Balaban J connectivity index is 2.32. The van der Waals surface area contributed by atoms with E-state index in [1.165, 1.54) is 9.13 Å². The van der Waals surface area contributed by atoms with Crippen molar-refractivity contribution in [1.82, 2.24) is 9.78 Å². The smallest absolute Gasteiger partial charge is 0.129 e. The van der Waals surface area contributed by atoms with Crippen LogP contribution in [-0.2, 0) is 7.05 Å². The summed E-state index contributed by atoms with van der Waals surface area (Å²) in [6, 6.07) is 16.5. The summed E-state index contributed by atoms with van der Waals surface area (Å²) in [5.41, 5.74) is 11.7. The number of hydrogen-bond acceptors (Lipinski definition) is 2. The van der Waals surface area contributed by atoms with Crippen molar-refractivity contribution in [3.05, 3.63) is 57.7 Å². The number of nitrogen functional groups attached to an aromatic ring is 1. The molecule has 2 N–H and O–H groups in total. The first-order valence-electron chi connectivity index (χ1n) is 6.73. The van der Waals surface area contributed by atoms with E-state index in [1.807, 2.05) is 31.3 Å². The monoisotopic (exact) mass is 389 g/mol. The normalized spacial score (nSPS) is 10.8. The molecule has 4 heteroatoms. The zero-order valence-electron chi connectivity index (χ0n) is 12.0. The van der Waals surface area contributed by atoms with Crippen LogP contribution in [0, 0.1) is 10.5 Å². The summed E-state index contributed by atoms with van der Waals surface area (Å²) in [5.74, 6) is 0.693. The van der Waals surface area contributed by atoms with Gasteiger partial charge in [0.05, 0.1) is 5.56 Å². The number of hydrogen-bond donors (Lipinski definition) is 1. The number of halogens is 1. The molecule has 0 unspecified atom stereocenters. The molecular formula is C17H16IN3. The van der Waals surface area contributed by atoms with Gasteiger partial charge in [-0.2, -0.15) is 5.10 Å². The topological polar surface area (TPSA) is 43.8 Å². The third-order valence-electron chi connectivity index (χ3n) is 3.63. The van der Waals surface area contributed by atoms with Crippen molar-refractivity contribution in [2.24, 2.45) is 7.05 Å². The van der Waals surface area contributed by atoms with E-state index in [1.54, 1.807) is 4.68 Å². The number of nitrogens with two attached hydrogens (primary N) is 1. The van der Waals surface area contributed by atoms with Gasteiger partial charge < -0.3 is 5.73 Å². The minimum Gasteiger partial charge on any atom is -0.383 e. The van der Waals surface area contributed by atoms with E-state index in [2.05, 4.69) is 58.9 Å². The van der Waals surface area contributed by atoms with Crippen LogP contribution < -0.4 is 5.73 Å². The van der Waals surface area contributed by atoms with Crippen molar-refractivity contribution >= 4 is 28.4 Å². The van der Waals surface area contributed by atoms with Crippen LogP contribution in [0.4, 0.5) is 5.82 Å². The predicted octanol–water partition coefficient (Wildman–Crippen LogP) is 4.25. The molecule has 1 heterocycles. The van der Waals surface area contributed by atoms with E-state index in [9.17, 15) is 0 Å². The molecule has 3 rings (SSSR count). The van der Waals surface area contributed by atoms with Crippen LogP contribution in [0.2, 0.25) is 0 Å². The molecule has 0 radical (unpaired) electrons. The van der Waals surface area contributed by atoms with Crippen molar-refractivity contribution in [3.8, 4) is 22.4 Å². The first-order chi connectivity index (χ1) is 10.1. The molecule has 21 heavy (non-hydrogen) atoms. The Kier molecular flexibility index (Phi) is 3.71. The number of benzene rings is 2. The standard InChI is InChI=1S/C17H16IN3/c1-11-7-3-4-8-12(11)15-16(20-21(2)17(15)19)13-9-5-6-10-14(13)18/h3-10H,19H2,1-2H3. The Morgan fingerprint density at radius 1 is 1.00 bits per heavy atom. The fourth-order valence-electron chi connectivity index (χ4n) is 2.50. The molecule has 0 aliphatic rings. The highest BCUT2D eigenvalue weighted by Crippen LogP contribution is 2.38. The van der Waals surface area contributed by atoms with E-state index in [0.717, 1.165) is 22.4 Å². The minimum atomic E-state index is 0.693. The quantitative estimate of drug-likeness (QED) is 0.666. The van der Waals surface area contributed by atoms with E-state index in [-0.39, 0.29) is 0 Å². The van der Waals surface area contributed by atoms with Gasteiger partial charge in [0.25, 0.3) is 0 Å². The second kappa shape index (κ2) is 5.52. The second-order valence-electron chi connectivity index (χ2n) is 5.03. The van der Waals surface area contributed by atoms with E-state index in [4.69, 9.17) is 5.73 Å². The number of anilines is 1. The van der Waals surface area contributed by atoms with Crippen molar-refractivity contribution in [1.29, 1.82) is 0 Å². The zero-order chi connectivity index (χ0) is 15.0. The molecule has 0 saturated carbocycles. The number of aryl methyl sites for hydroxylation is 2. The van der Waals surface area contributed by atoms with Gasteiger partial charge in [0, 0.05) is 16.2 Å². The maximum Gasteiger partial charge on any atom is 0.129 e. The Morgan fingerprint density at radius 3 is 2.29 bits per heavy atom. The Labute approximate surface area is 137 Å². The van der Waals surface area contributed by atoms with Crippen LogP contribution in [-0.4, -0.2) is 9.78 Å². The van der Waals surface area contributed by atoms with Crippen LogP contribution in [0.5, 0.6) is 0 Å². The molecule has 0 amide bonds. The zero-order valence-corrected chi connectivity index (χ0v) is 14.1. The Hall–Kier alpha value is -1.82. The van der Waals surface area contributed by atoms with E-state index in [0.29, 0.717) is 5.82 Å². The van der Waals surface area contributed by atoms with Gasteiger partial charge in [0.2, 0.25) is 0 Å². The first-order valence-corrected chi connectivity index (χ1v) is 7.81. The molecule has 0 saturated heterocycles. The second-order valence-corrected chi connectivity index (χ2v) is 6.19. The van der Waals surface area contributed by atoms with Crippen molar-refractivity contribution < 1.29 is 0 Å². The maximum atomic E-state index is 6.29. The fraction of sp³-hybridized carbons (Fsp3) is 0.118.